The van der Waals surface area contributed by atoms with Crippen LogP contribution in [0.4, 0.5) is 0 Å². The van der Waals surface area contributed by atoms with E-state index in [1.54, 1.807) is 0 Å². The van der Waals surface area contributed by atoms with Crippen molar-refractivity contribution in [1.82, 2.24) is 10.2 Å². The van der Waals surface area contributed by atoms with E-state index in [4.69, 9.17) is 0 Å². The van der Waals surface area contributed by atoms with Crippen LogP contribution in [0.5, 0.6) is 0 Å². The molecule has 0 atom stereocenters. The lowest BCUT2D eigenvalue weighted by Crippen LogP contribution is -2.47. The van der Waals surface area contributed by atoms with Crippen LogP contribution in [0.15, 0.2) is 28.7 Å². The van der Waals surface area contributed by atoms with Gasteiger partial charge in [0.05, 0.1) is 0 Å². The first kappa shape index (κ1) is 12.1. The zero-order valence-corrected chi connectivity index (χ0v) is 11.3. The van der Waals surface area contributed by atoms with Crippen molar-refractivity contribution in [3.63, 3.8) is 0 Å². The van der Waals surface area contributed by atoms with E-state index in [2.05, 4.69) is 57.5 Å². The van der Waals surface area contributed by atoms with Gasteiger partial charge >= 0.3 is 0 Å². The van der Waals surface area contributed by atoms with Gasteiger partial charge < -0.3 is 10.2 Å². The molecule has 0 spiro atoms. The van der Waals surface area contributed by atoms with Crippen molar-refractivity contribution in [3.05, 3.63) is 34.3 Å². The summed E-state index contributed by atoms with van der Waals surface area (Å²) in [5.74, 6) is 0.868. The zero-order chi connectivity index (χ0) is 11.4. The van der Waals surface area contributed by atoms with E-state index in [1.165, 1.54) is 29.7 Å². The molecule has 1 fully saturated rings. The largest absolute Gasteiger partial charge is 0.316 e. The Morgan fingerprint density at radius 3 is 2.88 bits per heavy atom. The third-order valence-corrected chi connectivity index (χ3v) is 3.60. The van der Waals surface area contributed by atoms with Crippen LogP contribution in [0, 0.1) is 5.92 Å². The number of nitrogens with one attached hydrogen (secondary N) is 1. The first-order valence-corrected chi connectivity index (χ1v) is 6.67. The molecule has 16 heavy (non-hydrogen) atoms. The number of likely N-dealkylation sites (N-methyl/N-ethyl adjacent to an activating group) is 1. The van der Waals surface area contributed by atoms with Gasteiger partial charge in [-0.2, -0.15) is 0 Å². The molecule has 1 aromatic carbocycles. The smallest absolute Gasteiger partial charge is 0.0178 e. The summed E-state index contributed by atoms with van der Waals surface area (Å²) < 4.78 is 1.18. The van der Waals surface area contributed by atoms with Crippen LogP contribution in [-0.4, -0.2) is 38.1 Å². The van der Waals surface area contributed by atoms with Crippen LogP contribution in [0.25, 0.3) is 0 Å². The molecule has 2 nitrogen and oxygen atoms in total. The average molecular weight is 283 g/mol. The number of halogens is 1. The highest BCUT2D eigenvalue weighted by Crippen LogP contribution is 2.12. The minimum Gasteiger partial charge on any atom is -0.316 e. The Balaban J connectivity index is 1.73. The Hall–Kier alpha value is -0.380. The summed E-state index contributed by atoms with van der Waals surface area (Å²) in [5.41, 5.74) is 1.41. The first-order valence-electron chi connectivity index (χ1n) is 5.88. The monoisotopic (exact) mass is 282 g/mol. The average Bonchev–Trinajstić information content (AvgIpc) is 2.21. The van der Waals surface area contributed by atoms with Gasteiger partial charge in [-0.1, -0.05) is 28.1 Å². The molecule has 0 unspecified atom stereocenters. The highest BCUT2D eigenvalue weighted by molar-refractivity contribution is 9.10. The van der Waals surface area contributed by atoms with E-state index in [0.717, 1.165) is 18.9 Å². The van der Waals surface area contributed by atoms with Gasteiger partial charge in [0.1, 0.15) is 0 Å². The molecule has 1 N–H and O–H groups in total. The lowest BCUT2D eigenvalue weighted by molar-refractivity contribution is 0.226. The minimum atomic E-state index is 0.868. The SMILES string of the molecule is CN(CCc1cccc(Br)c1)CC1CNC1. The number of hydrogen-bond donors (Lipinski definition) is 1. The lowest BCUT2D eigenvalue weighted by Gasteiger charge is -2.31. The van der Waals surface area contributed by atoms with Crippen molar-refractivity contribution < 1.29 is 0 Å². The van der Waals surface area contributed by atoms with E-state index in [9.17, 15) is 0 Å². The van der Waals surface area contributed by atoms with Gasteiger partial charge in [-0.25, -0.2) is 0 Å². The molecule has 1 aliphatic heterocycles. The predicted molar refractivity (Wildman–Crippen MR) is 71.7 cm³/mol. The highest BCUT2D eigenvalue weighted by atomic mass is 79.9. The first-order chi connectivity index (χ1) is 7.74. The molecule has 0 aromatic heterocycles. The Labute approximate surface area is 106 Å². The van der Waals surface area contributed by atoms with Gasteiger partial charge in [0.15, 0.2) is 0 Å². The Kier molecular flexibility index (Phi) is 4.38. The fourth-order valence-electron chi connectivity index (χ4n) is 2.02. The minimum absolute atomic E-state index is 0.868. The Morgan fingerprint density at radius 2 is 2.25 bits per heavy atom. The highest BCUT2D eigenvalue weighted by Gasteiger charge is 2.17. The molecule has 1 heterocycles. The molecule has 1 aromatic rings. The maximum absolute atomic E-state index is 3.51. The zero-order valence-electron chi connectivity index (χ0n) is 9.75. The van der Waals surface area contributed by atoms with Crippen molar-refractivity contribution in [1.29, 1.82) is 0 Å². The second-order valence-corrected chi connectivity index (χ2v) is 5.58. The van der Waals surface area contributed by atoms with Crippen LogP contribution in [-0.2, 0) is 6.42 Å². The normalized spacial score (nSPS) is 16.4. The number of hydrogen-bond acceptors (Lipinski definition) is 2. The summed E-state index contributed by atoms with van der Waals surface area (Å²) in [4.78, 5) is 2.44. The maximum atomic E-state index is 3.51. The van der Waals surface area contributed by atoms with Gasteiger partial charge in [0.25, 0.3) is 0 Å². The van der Waals surface area contributed by atoms with Crippen LogP contribution in [0.3, 0.4) is 0 Å². The van der Waals surface area contributed by atoms with Crippen molar-refractivity contribution in [2.45, 2.75) is 6.42 Å². The molecular weight excluding hydrogens is 264 g/mol. The van der Waals surface area contributed by atoms with Crippen molar-refractivity contribution in [2.24, 2.45) is 5.92 Å². The molecule has 0 amide bonds. The summed E-state index contributed by atoms with van der Waals surface area (Å²) >= 11 is 3.51. The summed E-state index contributed by atoms with van der Waals surface area (Å²) in [7, 11) is 2.22. The summed E-state index contributed by atoms with van der Waals surface area (Å²) in [5, 5.41) is 3.31. The van der Waals surface area contributed by atoms with Crippen LogP contribution >= 0.6 is 15.9 Å². The third-order valence-electron chi connectivity index (χ3n) is 3.11. The summed E-state index contributed by atoms with van der Waals surface area (Å²) in [6.07, 6.45) is 1.14. The molecule has 0 aliphatic carbocycles. The molecule has 88 valence electrons. The predicted octanol–water partition coefficient (Wildman–Crippen LogP) is 2.14. The summed E-state index contributed by atoms with van der Waals surface area (Å²) in [6.45, 7) is 4.76. The van der Waals surface area contributed by atoms with Crippen molar-refractivity contribution in [2.75, 3.05) is 33.2 Å². The molecule has 1 saturated heterocycles. The third kappa shape index (κ3) is 3.58. The van der Waals surface area contributed by atoms with Gasteiger partial charge in [0.2, 0.25) is 0 Å². The van der Waals surface area contributed by atoms with E-state index < -0.39 is 0 Å². The Bertz CT molecular complexity index is 336. The van der Waals surface area contributed by atoms with Crippen LogP contribution in [0.1, 0.15) is 5.56 Å². The number of benzene rings is 1. The molecule has 0 bridgehead atoms. The molecule has 1 aliphatic rings. The molecular formula is C13H19BrN2. The van der Waals surface area contributed by atoms with Gasteiger partial charge in [-0.05, 0) is 37.1 Å². The fraction of sp³-hybridized carbons (Fsp3) is 0.538. The lowest BCUT2D eigenvalue weighted by atomic mass is 10.0. The maximum Gasteiger partial charge on any atom is 0.0178 e. The van der Waals surface area contributed by atoms with Crippen LogP contribution < -0.4 is 5.32 Å². The molecule has 0 saturated carbocycles. The van der Waals surface area contributed by atoms with E-state index >= 15 is 0 Å². The van der Waals surface area contributed by atoms with Crippen LogP contribution in [0.2, 0.25) is 0 Å². The van der Waals surface area contributed by atoms with Crippen molar-refractivity contribution in [3.8, 4) is 0 Å². The number of rotatable bonds is 5. The quantitative estimate of drug-likeness (QED) is 0.890. The van der Waals surface area contributed by atoms with E-state index in [-0.39, 0.29) is 0 Å². The van der Waals surface area contributed by atoms with Crippen molar-refractivity contribution >= 4 is 15.9 Å². The second-order valence-electron chi connectivity index (χ2n) is 4.67. The van der Waals surface area contributed by atoms with E-state index in [1.807, 2.05) is 0 Å². The van der Waals surface area contributed by atoms with Gasteiger partial charge in [-0.15, -0.1) is 0 Å². The topological polar surface area (TPSA) is 15.3 Å². The standard InChI is InChI=1S/C13H19BrN2/c1-16(10-12-8-15-9-12)6-5-11-3-2-4-13(14)7-11/h2-4,7,12,15H,5-6,8-10H2,1H3. The van der Waals surface area contributed by atoms with E-state index in [0.29, 0.717) is 0 Å². The second kappa shape index (κ2) is 5.80. The Morgan fingerprint density at radius 1 is 1.44 bits per heavy atom. The van der Waals surface area contributed by atoms with Gasteiger partial charge in [-0.3, -0.25) is 0 Å². The van der Waals surface area contributed by atoms with Gasteiger partial charge in [0, 0.05) is 30.7 Å². The fourth-order valence-corrected chi connectivity index (χ4v) is 2.47. The summed E-state index contributed by atoms with van der Waals surface area (Å²) in [6, 6.07) is 8.59. The number of nitrogens with zero attached hydrogens (tertiary/aromatic N) is 1. The molecule has 0 radical (unpaired) electrons. The molecule has 2 rings (SSSR count). The molecule has 3 heteroatoms.